The predicted octanol–water partition coefficient (Wildman–Crippen LogP) is 12.4. The number of rotatable bonds is 45. The number of carbonyl (C=O) groups excluding carboxylic acids is 1. The molecule has 9 heteroatoms. The van der Waals surface area contributed by atoms with Gasteiger partial charge in [0.2, 0.25) is 5.91 Å². The lowest BCUT2D eigenvalue weighted by atomic mass is 9.99. The molecule has 0 spiro atoms. The van der Waals surface area contributed by atoms with Crippen molar-refractivity contribution in [3.05, 3.63) is 36.5 Å². The highest BCUT2D eigenvalue weighted by molar-refractivity contribution is 5.76. The van der Waals surface area contributed by atoms with E-state index >= 15 is 0 Å². The van der Waals surface area contributed by atoms with Gasteiger partial charge in [0.1, 0.15) is 24.4 Å². The zero-order valence-corrected chi connectivity index (χ0v) is 40.8. The van der Waals surface area contributed by atoms with Crippen molar-refractivity contribution in [1.82, 2.24) is 5.32 Å². The molecule has 0 aromatic rings. The van der Waals surface area contributed by atoms with Crippen LogP contribution in [0.1, 0.15) is 245 Å². The molecule has 370 valence electrons. The molecule has 1 rings (SSSR count). The van der Waals surface area contributed by atoms with Crippen LogP contribution in [0, 0.1) is 0 Å². The fraction of sp³-hybridized carbons (Fsp3) is 0.870. The molecule has 0 bridgehead atoms. The van der Waals surface area contributed by atoms with Crippen LogP contribution in [0.15, 0.2) is 36.5 Å². The van der Waals surface area contributed by atoms with E-state index in [1.165, 1.54) is 173 Å². The van der Waals surface area contributed by atoms with Crippen LogP contribution in [0.25, 0.3) is 0 Å². The van der Waals surface area contributed by atoms with Gasteiger partial charge in [-0.3, -0.25) is 4.79 Å². The average Bonchev–Trinajstić information content (AvgIpc) is 3.28. The summed E-state index contributed by atoms with van der Waals surface area (Å²) in [6.07, 6.45) is 49.1. The number of amides is 1. The first kappa shape index (κ1) is 59.4. The van der Waals surface area contributed by atoms with Gasteiger partial charge in [0.05, 0.1) is 25.4 Å². The Hall–Kier alpha value is -1.59. The lowest BCUT2D eigenvalue weighted by Gasteiger charge is -2.40. The molecule has 1 aliphatic heterocycles. The Morgan fingerprint density at radius 1 is 0.524 bits per heavy atom. The Morgan fingerprint density at radius 3 is 1.33 bits per heavy atom. The van der Waals surface area contributed by atoms with Crippen molar-refractivity contribution in [1.29, 1.82) is 0 Å². The highest BCUT2D eigenvalue weighted by atomic mass is 16.7. The van der Waals surface area contributed by atoms with Crippen LogP contribution in [0.4, 0.5) is 0 Å². The standard InChI is InChI=1S/C54H101NO8/c1-3-5-7-9-11-13-15-17-19-21-23-24-26-28-30-32-34-36-38-40-42-44-50(58)55-47(46-62-54-53(61)52(60)51(59)49(45-56)63-54)48(57)43-41-39-37-35-33-31-29-27-25-22-20-18-16-14-12-10-8-6-4-2/h24,26,33,35,41,43,47-49,51-54,56-57,59-61H,3-23,25,27-32,34,36-40,42,44-46H2,1-2H3,(H,55,58)/b26-24-,35-33+,43-41+. The van der Waals surface area contributed by atoms with E-state index in [0.29, 0.717) is 6.42 Å². The summed E-state index contributed by atoms with van der Waals surface area (Å²) in [5, 5.41) is 54.4. The van der Waals surface area contributed by atoms with Crippen molar-refractivity contribution in [2.45, 2.75) is 288 Å². The Balaban J connectivity index is 2.30. The van der Waals surface area contributed by atoms with Gasteiger partial charge < -0.3 is 40.3 Å². The molecular formula is C54H101NO8. The molecule has 1 heterocycles. The van der Waals surface area contributed by atoms with Crippen LogP contribution in [-0.2, 0) is 14.3 Å². The van der Waals surface area contributed by atoms with Crippen molar-refractivity contribution in [3.63, 3.8) is 0 Å². The molecule has 0 aliphatic carbocycles. The second-order valence-corrected chi connectivity index (χ2v) is 18.7. The summed E-state index contributed by atoms with van der Waals surface area (Å²) in [7, 11) is 0. The van der Waals surface area contributed by atoms with Gasteiger partial charge in [0.15, 0.2) is 6.29 Å². The number of nitrogens with one attached hydrogen (secondary N) is 1. The van der Waals surface area contributed by atoms with Gasteiger partial charge in [-0.05, 0) is 57.8 Å². The molecule has 0 aromatic heterocycles. The molecule has 6 N–H and O–H groups in total. The molecule has 0 saturated carbocycles. The minimum Gasteiger partial charge on any atom is -0.394 e. The van der Waals surface area contributed by atoms with Gasteiger partial charge in [-0.1, -0.05) is 217 Å². The van der Waals surface area contributed by atoms with Crippen molar-refractivity contribution >= 4 is 5.91 Å². The van der Waals surface area contributed by atoms with E-state index in [2.05, 4.69) is 43.5 Å². The number of hydrogen-bond donors (Lipinski definition) is 6. The van der Waals surface area contributed by atoms with E-state index in [1.807, 2.05) is 6.08 Å². The Morgan fingerprint density at radius 2 is 0.905 bits per heavy atom. The van der Waals surface area contributed by atoms with Crippen molar-refractivity contribution in [3.8, 4) is 0 Å². The van der Waals surface area contributed by atoms with Crippen LogP contribution >= 0.6 is 0 Å². The minimum absolute atomic E-state index is 0.189. The number of ether oxygens (including phenoxy) is 2. The lowest BCUT2D eigenvalue weighted by molar-refractivity contribution is -0.302. The maximum atomic E-state index is 13.0. The van der Waals surface area contributed by atoms with Gasteiger partial charge in [-0.25, -0.2) is 0 Å². The number of aliphatic hydroxyl groups excluding tert-OH is 5. The van der Waals surface area contributed by atoms with E-state index in [9.17, 15) is 30.3 Å². The first-order chi connectivity index (χ1) is 30.8. The number of allylic oxidation sites excluding steroid dienone is 5. The summed E-state index contributed by atoms with van der Waals surface area (Å²) in [4.78, 5) is 13.0. The van der Waals surface area contributed by atoms with E-state index < -0.39 is 49.5 Å². The van der Waals surface area contributed by atoms with Gasteiger partial charge in [-0.2, -0.15) is 0 Å². The second kappa shape index (κ2) is 44.3. The third kappa shape index (κ3) is 34.4. The van der Waals surface area contributed by atoms with Crippen molar-refractivity contribution in [2.24, 2.45) is 0 Å². The van der Waals surface area contributed by atoms with E-state index in [4.69, 9.17) is 9.47 Å². The quantitative estimate of drug-likeness (QED) is 0.0261. The van der Waals surface area contributed by atoms with E-state index in [1.54, 1.807) is 6.08 Å². The largest absolute Gasteiger partial charge is 0.394 e. The summed E-state index contributed by atoms with van der Waals surface area (Å²) in [5.74, 6) is -0.189. The predicted molar refractivity (Wildman–Crippen MR) is 263 cm³/mol. The fourth-order valence-electron chi connectivity index (χ4n) is 8.40. The summed E-state index contributed by atoms with van der Waals surface area (Å²) < 4.78 is 11.2. The first-order valence-electron chi connectivity index (χ1n) is 26.7. The SMILES string of the molecule is CCCCCCCCCCCC/C=C\CCCCCCCCCC(=O)NC(COC1OC(CO)C(O)C(O)C1O)C(O)/C=C/CC/C=C/CCCCCCCCCCCCCCC. The number of carbonyl (C=O) groups is 1. The molecule has 9 nitrogen and oxygen atoms in total. The molecular weight excluding hydrogens is 791 g/mol. The molecule has 7 atom stereocenters. The molecule has 1 aliphatic rings. The number of unbranched alkanes of at least 4 members (excludes halogenated alkanes) is 31. The maximum Gasteiger partial charge on any atom is 0.220 e. The van der Waals surface area contributed by atoms with Crippen LogP contribution in [0.5, 0.6) is 0 Å². The highest BCUT2D eigenvalue weighted by Gasteiger charge is 2.44. The third-order valence-corrected chi connectivity index (χ3v) is 12.7. The monoisotopic (exact) mass is 892 g/mol. The Kier molecular flexibility index (Phi) is 41.7. The molecule has 63 heavy (non-hydrogen) atoms. The smallest absolute Gasteiger partial charge is 0.220 e. The van der Waals surface area contributed by atoms with E-state index in [0.717, 1.165) is 51.4 Å². The van der Waals surface area contributed by atoms with Crippen LogP contribution in [-0.4, -0.2) is 87.5 Å². The number of aliphatic hydroxyl groups is 5. The minimum atomic E-state index is -1.57. The van der Waals surface area contributed by atoms with E-state index in [-0.39, 0.29) is 12.5 Å². The molecule has 0 radical (unpaired) electrons. The zero-order valence-electron chi connectivity index (χ0n) is 40.8. The summed E-state index contributed by atoms with van der Waals surface area (Å²) in [6.45, 7) is 3.78. The Labute approximate surface area is 387 Å². The van der Waals surface area contributed by atoms with Gasteiger partial charge >= 0.3 is 0 Å². The van der Waals surface area contributed by atoms with Gasteiger partial charge in [0.25, 0.3) is 0 Å². The molecule has 1 fully saturated rings. The van der Waals surface area contributed by atoms with Gasteiger partial charge in [-0.15, -0.1) is 0 Å². The normalized spacial score (nSPS) is 20.4. The molecule has 1 amide bonds. The maximum absolute atomic E-state index is 13.0. The van der Waals surface area contributed by atoms with Gasteiger partial charge in [0, 0.05) is 6.42 Å². The lowest BCUT2D eigenvalue weighted by Crippen LogP contribution is -2.60. The summed E-state index contributed by atoms with van der Waals surface area (Å²) >= 11 is 0. The first-order valence-corrected chi connectivity index (χ1v) is 26.7. The Bertz CT molecular complexity index is 1080. The number of hydrogen-bond acceptors (Lipinski definition) is 8. The van der Waals surface area contributed by atoms with Crippen molar-refractivity contribution in [2.75, 3.05) is 13.2 Å². The fourth-order valence-corrected chi connectivity index (χ4v) is 8.40. The van der Waals surface area contributed by atoms with Crippen LogP contribution < -0.4 is 5.32 Å². The van der Waals surface area contributed by atoms with Crippen LogP contribution in [0.3, 0.4) is 0 Å². The molecule has 1 saturated heterocycles. The summed E-state index contributed by atoms with van der Waals surface area (Å²) in [5.41, 5.74) is 0. The average molecular weight is 892 g/mol. The van der Waals surface area contributed by atoms with Crippen LogP contribution in [0.2, 0.25) is 0 Å². The zero-order chi connectivity index (χ0) is 45.9. The summed E-state index contributed by atoms with van der Waals surface area (Å²) in [6, 6.07) is -0.823. The third-order valence-electron chi connectivity index (χ3n) is 12.7. The highest BCUT2D eigenvalue weighted by Crippen LogP contribution is 2.23. The topological polar surface area (TPSA) is 149 Å². The van der Waals surface area contributed by atoms with Crippen molar-refractivity contribution < 1.29 is 39.8 Å². The molecule has 7 unspecified atom stereocenters. The molecule has 0 aromatic carbocycles. The second-order valence-electron chi connectivity index (χ2n) is 18.7.